The summed E-state index contributed by atoms with van der Waals surface area (Å²) in [6, 6.07) is 22.5. The zero-order valence-electron chi connectivity index (χ0n) is 27.7. The molecule has 52 heavy (non-hydrogen) atoms. The predicted molar refractivity (Wildman–Crippen MR) is 176 cm³/mol. The minimum absolute atomic E-state index is 0. The third kappa shape index (κ3) is 23.0. The van der Waals surface area contributed by atoms with E-state index in [9.17, 15) is 30.3 Å². The Bertz CT molecular complexity index is 1540. The number of nitro groups is 3. The number of benzene rings is 3. The van der Waals surface area contributed by atoms with Crippen molar-refractivity contribution >= 4 is 35.7 Å². The summed E-state index contributed by atoms with van der Waals surface area (Å²) in [5.74, 6) is 0. The third-order valence-corrected chi connectivity index (χ3v) is 5.73. The molecule has 0 atom stereocenters. The molecule has 3 aromatic carbocycles. The number of halogens is 1. The first kappa shape index (κ1) is 48.6. The van der Waals surface area contributed by atoms with E-state index in [2.05, 4.69) is 15.0 Å². The summed E-state index contributed by atoms with van der Waals surface area (Å²) in [7, 11) is -4.94. The van der Waals surface area contributed by atoms with E-state index in [4.69, 9.17) is 29.2 Å². The van der Waals surface area contributed by atoms with Gasteiger partial charge < -0.3 is 0 Å². The normalized spacial score (nSPS) is 10.4. The maximum atomic E-state index is 11.2. The van der Waals surface area contributed by atoms with E-state index in [-0.39, 0.29) is 34.1 Å². The maximum Gasteiger partial charge on any atom is 2.00 e. The van der Waals surface area contributed by atoms with Gasteiger partial charge in [0.2, 0.25) is 0 Å². The molecule has 0 aliphatic carbocycles. The van der Waals surface area contributed by atoms with Crippen LogP contribution in [0.3, 0.4) is 0 Å². The summed E-state index contributed by atoms with van der Waals surface area (Å²) in [6.07, 6.45) is 4.40. The van der Waals surface area contributed by atoms with Crippen LogP contribution in [0.25, 0.3) is 0 Å². The van der Waals surface area contributed by atoms with Gasteiger partial charge in [-0.3, -0.25) is 50.2 Å². The molecule has 0 fully saturated rings. The molecule has 1 radical (unpaired) electrons. The molecule has 3 aromatic rings. The molecule has 0 N–H and O–H groups in total. The van der Waals surface area contributed by atoms with Gasteiger partial charge >= 0.3 is 17.1 Å². The monoisotopic (exact) mass is 789 g/mol. The van der Waals surface area contributed by atoms with Gasteiger partial charge in [-0.25, -0.2) is 18.6 Å². The Morgan fingerprint density at radius 2 is 0.808 bits per heavy atom. The van der Waals surface area contributed by atoms with Crippen LogP contribution in [0.2, 0.25) is 0 Å². The van der Waals surface area contributed by atoms with Crippen LogP contribution in [0.15, 0.2) is 87.8 Å². The summed E-state index contributed by atoms with van der Waals surface area (Å²) < 4.78 is 34.0. The van der Waals surface area contributed by atoms with Crippen molar-refractivity contribution in [2.24, 2.45) is 15.0 Å². The Hall–Kier alpha value is -5.54. The van der Waals surface area contributed by atoms with Gasteiger partial charge in [0.05, 0.1) is 63.2 Å². The van der Waals surface area contributed by atoms with E-state index in [0.717, 1.165) is 0 Å². The topological polar surface area (TPSA) is 310 Å². The van der Waals surface area contributed by atoms with E-state index >= 15 is 0 Å². The van der Waals surface area contributed by atoms with Gasteiger partial charge in [0.15, 0.2) is 0 Å². The van der Waals surface area contributed by atoms with Crippen molar-refractivity contribution < 1.29 is 60.7 Å². The molecule has 0 spiro atoms. The number of nitrogens with zero attached hydrogens (tertiary/aromatic N) is 9. The van der Waals surface area contributed by atoms with Crippen LogP contribution in [-0.4, -0.2) is 77.6 Å². The van der Waals surface area contributed by atoms with E-state index in [1.54, 1.807) is 66.7 Å². The molecule has 3 rings (SSSR count). The van der Waals surface area contributed by atoms with Crippen LogP contribution in [-0.2, 0) is 17.1 Å². The van der Waals surface area contributed by atoms with Crippen molar-refractivity contribution in [2.45, 2.75) is 13.8 Å². The minimum atomic E-state index is -4.94. The van der Waals surface area contributed by atoms with Crippen molar-refractivity contribution in [3.63, 3.8) is 0 Å². The van der Waals surface area contributed by atoms with Gasteiger partial charge in [-0.05, 0) is 18.2 Å². The number of para-hydroxylation sites is 3. The van der Waals surface area contributed by atoms with E-state index in [1.165, 1.54) is 50.7 Å². The fraction of sp³-hybridized carbons (Fsp3) is 0.258. The number of nitro benzene ring substituents is 3. The molecule has 0 amide bonds. The van der Waals surface area contributed by atoms with Crippen LogP contribution in [0.5, 0.6) is 0 Å². The molecule has 0 saturated heterocycles. The SMILES string of the molecule is CC#N.CC#N.O=[N+]([O-])c1ccccc1C=NCCN(CCN=Cc1ccccc1[N+](=O)[O-])CCN=Cc1ccccc1[N+](=O)[O-].[Cu+2].[O-][Cl+3]([O-])([O-])[O-]. The van der Waals surface area contributed by atoms with Gasteiger partial charge in [-0.1, -0.05) is 36.4 Å². The first-order valence-electron chi connectivity index (χ1n) is 14.4. The molecular weight excluding hydrogens is 757 g/mol. The number of hydrogen-bond acceptors (Lipinski definition) is 16. The predicted octanol–water partition coefficient (Wildman–Crippen LogP) is 0.672. The molecule has 0 aliphatic heterocycles. The quantitative estimate of drug-likeness (QED) is 0.0886. The maximum absolute atomic E-state index is 11.2. The Balaban J connectivity index is 0. The number of rotatable bonds is 15. The fourth-order valence-corrected chi connectivity index (χ4v) is 3.71. The second-order valence-corrected chi connectivity index (χ2v) is 9.98. The van der Waals surface area contributed by atoms with Crippen molar-refractivity contribution in [3.05, 3.63) is 120 Å². The molecule has 0 saturated carbocycles. The summed E-state index contributed by atoms with van der Waals surface area (Å²) >= 11 is 0. The molecule has 19 nitrogen and oxygen atoms in total. The van der Waals surface area contributed by atoms with Gasteiger partial charge in [-0.15, -0.1) is 10.2 Å². The third-order valence-electron chi connectivity index (χ3n) is 5.73. The van der Waals surface area contributed by atoms with E-state index in [0.29, 0.717) is 56.0 Å². The fourth-order valence-electron chi connectivity index (χ4n) is 3.71. The van der Waals surface area contributed by atoms with Gasteiger partial charge in [-0.2, -0.15) is 10.5 Å². The molecule has 0 aromatic heterocycles. The first-order chi connectivity index (χ1) is 24.2. The smallest absolute Gasteiger partial charge is 0.298 e. The van der Waals surface area contributed by atoms with Crippen molar-refractivity contribution in [1.29, 1.82) is 10.5 Å². The zero-order valence-corrected chi connectivity index (χ0v) is 29.4. The average molecular weight is 791 g/mol. The Kier molecular flexibility index (Phi) is 26.3. The number of nitriles is 2. The molecule has 0 bridgehead atoms. The van der Waals surface area contributed by atoms with Crippen molar-refractivity contribution in [2.75, 3.05) is 39.3 Å². The first-order valence-corrected chi connectivity index (χ1v) is 15.6. The number of aliphatic imine (C=N–C) groups is 3. The van der Waals surface area contributed by atoms with Crippen LogP contribution in [0.4, 0.5) is 17.1 Å². The largest absolute Gasteiger partial charge is 2.00 e. The summed E-state index contributed by atoms with van der Waals surface area (Å²) in [6.45, 7) is 5.42. The van der Waals surface area contributed by atoms with Crippen LogP contribution in [0, 0.1) is 63.2 Å². The summed E-state index contributed by atoms with van der Waals surface area (Å²) in [5.41, 5.74) is 1.12. The summed E-state index contributed by atoms with van der Waals surface area (Å²) in [5, 5.41) is 48.3. The van der Waals surface area contributed by atoms with Crippen molar-refractivity contribution in [1.82, 2.24) is 4.90 Å². The Labute approximate surface area is 311 Å². The Morgan fingerprint density at radius 3 is 1.02 bits per heavy atom. The molecule has 279 valence electrons. The molecule has 21 heteroatoms. The average Bonchev–Trinajstić information content (AvgIpc) is 3.07. The molecule has 0 aliphatic rings. The van der Waals surface area contributed by atoms with Crippen LogP contribution in [0.1, 0.15) is 30.5 Å². The van der Waals surface area contributed by atoms with Crippen molar-refractivity contribution in [3.8, 4) is 12.1 Å². The number of hydrogen-bond donors (Lipinski definition) is 0. The van der Waals surface area contributed by atoms with E-state index in [1.807, 2.05) is 4.90 Å². The summed E-state index contributed by atoms with van der Waals surface area (Å²) in [4.78, 5) is 47.3. The molecular formula is C31H33ClCuN9O10+. The Morgan fingerprint density at radius 1 is 0.596 bits per heavy atom. The second-order valence-electron chi connectivity index (χ2n) is 9.22. The zero-order chi connectivity index (χ0) is 38.7. The van der Waals surface area contributed by atoms with Gasteiger partial charge in [0, 0.05) is 70.3 Å². The molecule has 0 heterocycles. The van der Waals surface area contributed by atoms with Crippen LogP contribution >= 0.6 is 0 Å². The van der Waals surface area contributed by atoms with Gasteiger partial charge in [0.25, 0.3) is 17.1 Å². The van der Waals surface area contributed by atoms with Gasteiger partial charge in [0.1, 0.15) is 0 Å². The minimum Gasteiger partial charge on any atom is -0.298 e. The molecule has 0 unspecified atom stereocenters. The standard InChI is InChI=1S/C27H27N7O6.2C2H3N.ClHO4.Cu/c35-32(36)25-10-4-1-7-22(25)19-28-13-16-31(17-14-29-20-23-8-2-5-11-26(23)33(37)38)18-15-30-21-24-9-3-6-12-27(24)34(39)40;2*1-2-3;2-1(3,4)5;/h1-12,19-21H,13-18H2;2*1H3;(H,2,3,4,5);/q;;;;+2/p-1. The second kappa shape index (κ2) is 28.2. The van der Waals surface area contributed by atoms with Crippen LogP contribution < -0.4 is 18.6 Å². The van der Waals surface area contributed by atoms with E-state index < -0.39 is 25.0 Å².